The van der Waals surface area contributed by atoms with E-state index in [9.17, 15) is 4.79 Å². The molecule has 1 amide bonds. The summed E-state index contributed by atoms with van der Waals surface area (Å²) in [5, 5.41) is 0. The Bertz CT molecular complexity index is 269. The number of carbonyl (C=O) groups excluding carboxylic acids is 1. The van der Waals surface area contributed by atoms with Crippen LogP contribution in [0.4, 0.5) is 0 Å². The number of amides is 1. The predicted molar refractivity (Wildman–Crippen MR) is 55.6 cm³/mol. The van der Waals surface area contributed by atoms with Crippen molar-refractivity contribution in [1.29, 1.82) is 0 Å². The zero-order chi connectivity index (χ0) is 10.7. The summed E-state index contributed by atoms with van der Waals surface area (Å²) in [4.78, 5) is 13.2. The van der Waals surface area contributed by atoms with Crippen LogP contribution in [0.5, 0.6) is 0 Å². The van der Waals surface area contributed by atoms with Gasteiger partial charge < -0.3 is 10.6 Å². The predicted octanol–water partition coefficient (Wildman–Crippen LogP) is 0.838. The molecular weight excluding hydrogens is 176 g/mol. The van der Waals surface area contributed by atoms with E-state index in [0.717, 1.165) is 13.1 Å². The van der Waals surface area contributed by atoms with E-state index in [4.69, 9.17) is 5.73 Å². The van der Waals surface area contributed by atoms with E-state index in [-0.39, 0.29) is 11.9 Å². The molecule has 0 aromatic heterocycles. The van der Waals surface area contributed by atoms with Crippen molar-refractivity contribution in [3.63, 3.8) is 0 Å². The molecule has 0 bridgehead atoms. The Morgan fingerprint density at radius 2 is 1.86 bits per heavy atom. The van der Waals surface area contributed by atoms with Crippen molar-refractivity contribution >= 4 is 5.91 Å². The van der Waals surface area contributed by atoms with Gasteiger partial charge in [-0.15, -0.1) is 0 Å². The number of rotatable bonds is 2. The lowest BCUT2D eigenvalue weighted by Crippen LogP contribution is -2.61. The third kappa shape index (κ3) is 1.05. The lowest BCUT2D eigenvalue weighted by Gasteiger charge is -2.36. The van der Waals surface area contributed by atoms with Gasteiger partial charge in [0.05, 0.1) is 0 Å². The van der Waals surface area contributed by atoms with E-state index in [1.54, 1.807) is 0 Å². The molecule has 2 fully saturated rings. The van der Waals surface area contributed by atoms with E-state index in [1.165, 1.54) is 0 Å². The molecule has 1 saturated heterocycles. The van der Waals surface area contributed by atoms with Crippen molar-refractivity contribution < 1.29 is 4.79 Å². The molecule has 3 nitrogen and oxygen atoms in total. The van der Waals surface area contributed by atoms with Crippen LogP contribution in [0.15, 0.2) is 0 Å². The number of hydrogen-bond donors (Lipinski definition) is 1. The Labute approximate surface area is 85.6 Å². The van der Waals surface area contributed by atoms with Crippen LogP contribution < -0.4 is 5.73 Å². The van der Waals surface area contributed by atoms with E-state index in [2.05, 4.69) is 27.7 Å². The van der Waals surface area contributed by atoms with Gasteiger partial charge in [-0.25, -0.2) is 0 Å². The zero-order valence-electron chi connectivity index (χ0n) is 9.50. The normalized spacial score (nSPS) is 34.2. The van der Waals surface area contributed by atoms with Crippen LogP contribution in [-0.4, -0.2) is 29.9 Å². The van der Waals surface area contributed by atoms with Crippen molar-refractivity contribution in [1.82, 2.24) is 4.90 Å². The summed E-state index contributed by atoms with van der Waals surface area (Å²) in [5.41, 5.74) is 6.29. The van der Waals surface area contributed by atoms with Crippen LogP contribution in [0.25, 0.3) is 0 Å². The van der Waals surface area contributed by atoms with Crippen LogP contribution in [-0.2, 0) is 4.79 Å². The Hall–Kier alpha value is -0.570. The molecule has 3 heteroatoms. The number of hydrogen-bond acceptors (Lipinski definition) is 2. The van der Waals surface area contributed by atoms with E-state index >= 15 is 0 Å². The highest BCUT2D eigenvalue weighted by molar-refractivity contribution is 5.87. The lowest BCUT2D eigenvalue weighted by atomic mass is 10.0. The molecule has 1 unspecified atom stereocenters. The van der Waals surface area contributed by atoms with Crippen molar-refractivity contribution in [2.45, 2.75) is 33.7 Å². The average molecular weight is 196 g/mol. The van der Waals surface area contributed by atoms with Gasteiger partial charge in [0, 0.05) is 13.1 Å². The van der Waals surface area contributed by atoms with Gasteiger partial charge in [-0.2, -0.15) is 0 Å². The summed E-state index contributed by atoms with van der Waals surface area (Å²) in [6.07, 6.45) is 0. The second kappa shape index (κ2) is 2.51. The SMILES string of the molecule is CC1(C)C(CN2CC(N)C2=O)C1(C)C. The summed E-state index contributed by atoms with van der Waals surface area (Å²) in [5.74, 6) is 0.759. The molecule has 1 aliphatic heterocycles. The van der Waals surface area contributed by atoms with Crippen LogP contribution in [0, 0.1) is 16.7 Å². The van der Waals surface area contributed by atoms with E-state index < -0.39 is 0 Å². The minimum atomic E-state index is -0.222. The molecule has 1 atom stereocenters. The lowest BCUT2D eigenvalue weighted by molar-refractivity contribution is -0.142. The quantitative estimate of drug-likeness (QED) is 0.665. The molecule has 2 N–H and O–H groups in total. The van der Waals surface area contributed by atoms with Gasteiger partial charge in [0.1, 0.15) is 6.04 Å². The molecule has 1 heterocycles. The van der Waals surface area contributed by atoms with Crippen LogP contribution in [0.1, 0.15) is 27.7 Å². The fourth-order valence-corrected chi connectivity index (χ4v) is 2.70. The standard InChI is InChI=1S/C11H20N2O/c1-10(2)8(11(10,3)4)6-13-5-7(12)9(13)14/h7-8H,5-6,12H2,1-4H3. The largest absolute Gasteiger partial charge is 0.339 e. The number of β-lactam (4-membered cyclic amide) rings is 1. The van der Waals surface area contributed by atoms with Gasteiger partial charge in [-0.3, -0.25) is 4.79 Å². The fraction of sp³-hybridized carbons (Fsp3) is 0.909. The molecule has 1 saturated carbocycles. The number of nitrogens with two attached hydrogens (primary N) is 1. The van der Waals surface area contributed by atoms with E-state index in [1.807, 2.05) is 4.90 Å². The van der Waals surface area contributed by atoms with Crippen LogP contribution >= 0.6 is 0 Å². The van der Waals surface area contributed by atoms with Gasteiger partial charge in [0.2, 0.25) is 5.91 Å². The highest BCUT2D eigenvalue weighted by Gasteiger charge is 2.65. The van der Waals surface area contributed by atoms with Crippen LogP contribution in [0.2, 0.25) is 0 Å². The van der Waals surface area contributed by atoms with Crippen molar-refractivity contribution in [3.8, 4) is 0 Å². The molecule has 2 rings (SSSR count). The highest BCUT2D eigenvalue weighted by Crippen LogP contribution is 2.68. The Balaban J connectivity index is 1.93. The minimum Gasteiger partial charge on any atom is -0.339 e. The Morgan fingerprint density at radius 3 is 2.14 bits per heavy atom. The molecular formula is C11H20N2O. The van der Waals surface area contributed by atoms with Gasteiger partial charge >= 0.3 is 0 Å². The minimum absolute atomic E-state index is 0.128. The third-order valence-corrected chi connectivity index (χ3v) is 4.77. The number of nitrogens with zero attached hydrogens (tertiary/aromatic N) is 1. The molecule has 0 spiro atoms. The molecule has 80 valence electrons. The van der Waals surface area contributed by atoms with E-state index in [0.29, 0.717) is 16.7 Å². The van der Waals surface area contributed by atoms with Crippen molar-refractivity contribution in [2.24, 2.45) is 22.5 Å². The summed E-state index contributed by atoms with van der Waals surface area (Å²) in [6, 6.07) is -0.222. The van der Waals surface area contributed by atoms with Crippen LogP contribution in [0.3, 0.4) is 0 Å². The smallest absolute Gasteiger partial charge is 0.241 e. The van der Waals surface area contributed by atoms with Crippen molar-refractivity contribution in [2.75, 3.05) is 13.1 Å². The van der Waals surface area contributed by atoms with Gasteiger partial charge in [-0.1, -0.05) is 27.7 Å². The maximum atomic E-state index is 11.3. The maximum absolute atomic E-state index is 11.3. The molecule has 0 radical (unpaired) electrons. The van der Waals surface area contributed by atoms with Crippen molar-refractivity contribution in [3.05, 3.63) is 0 Å². The first-order valence-corrected chi connectivity index (χ1v) is 5.33. The molecule has 14 heavy (non-hydrogen) atoms. The first-order chi connectivity index (χ1) is 6.28. The monoisotopic (exact) mass is 196 g/mol. The number of likely N-dealkylation sites (tertiary alicyclic amines) is 1. The second-order valence-corrected chi connectivity index (χ2v) is 5.85. The highest BCUT2D eigenvalue weighted by atomic mass is 16.2. The summed E-state index contributed by atoms with van der Waals surface area (Å²) >= 11 is 0. The summed E-state index contributed by atoms with van der Waals surface area (Å²) in [6.45, 7) is 10.8. The summed E-state index contributed by atoms with van der Waals surface area (Å²) < 4.78 is 0. The Morgan fingerprint density at radius 1 is 1.36 bits per heavy atom. The first kappa shape index (κ1) is 9.97. The molecule has 2 aliphatic rings. The average Bonchev–Trinajstić information content (AvgIpc) is 2.46. The van der Waals surface area contributed by atoms with Gasteiger partial charge in [0.15, 0.2) is 0 Å². The molecule has 1 aliphatic carbocycles. The fourth-order valence-electron chi connectivity index (χ4n) is 2.70. The topological polar surface area (TPSA) is 46.3 Å². The third-order valence-electron chi connectivity index (χ3n) is 4.77. The first-order valence-electron chi connectivity index (χ1n) is 5.33. The second-order valence-electron chi connectivity index (χ2n) is 5.85. The molecule has 0 aromatic carbocycles. The Kier molecular flexibility index (Phi) is 1.79. The maximum Gasteiger partial charge on any atom is 0.241 e. The molecule has 0 aromatic rings. The van der Waals surface area contributed by atoms with Gasteiger partial charge in [-0.05, 0) is 16.7 Å². The zero-order valence-corrected chi connectivity index (χ0v) is 9.50. The summed E-state index contributed by atoms with van der Waals surface area (Å²) in [7, 11) is 0. The number of carbonyl (C=O) groups is 1. The van der Waals surface area contributed by atoms with Gasteiger partial charge in [0.25, 0.3) is 0 Å².